The third-order valence-corrected chi connectivity index (χ3v) is 4.14. The van der Waals surface area contributed by atoms with Gasteiger partial charge < -0.3 is 28.7 Å². The molecule has 0 aliphatic rings. The smallest absolute Gasteiger partial charge is 0.338 e. The van der Waals surface area contributed by atoms with Crippen molar-refractivity contribution in [2.24, 2.45) is 0 Å². The molecule has 0 spiro atoms. The summed E-state index contributed by atoms with van der Waals surface area (Å²) in [6.45, 7) is 4.28. The molecule has 2 amide bonds. The van der Waals surface area contributed by atoms with Crippen LogP contribution in [0.25, 0.3) is 0 Å². The van der Waals surface area contributed by atoms with Crippen LogP contribution in [0.4, 0.5) is 0 Å². The van der Waals surface area contributed by atoms with Gasteiger partial charge in [-0.2, -0.15) is 0 Å². The van der Waals surface area contributed by atoms with Crippen molar-refractivity contribution in [3.8, 4) is 17.2 Å². The van der Waals surface area contributed by atoms with E-state index in [1.54, 1.807) is 4.90 Å². The Morgan fingerprint density at radius 1 is 0.893 bits per heavy atom. The van der Waals surface area contributed by atoms with E-state index < -0.39 is 18.5 Å². The molecular formula is C19H28N2O7. The summed E-state index contributed by atoms with van der Waals surface area (Å²) in [5.74, 6) is -0.453. The Balaban J connectivity index is 2.76. The van der Waals surface area contributed by atoms with E-state index in [1.807, 2.05) is 13.8 Å². The number of carbonyl (C=O) groups excluding carboxylic acids is 3. The van der Waals surface area contributed by atoms with Crippen LogP contribution in [0.2, 0.25) is 0 Å². The zero-order valence-electron chi connectivity index (χ0n) is 17.2. The number of ether oxygens (including phenoxy) is 4. The number of methoxy groups -OCH3 is 3. The molecule has 0 heterocycles. The van der Waals surface area contributed by atoms with Crippen LogP contribution in [0.3, 0.4) is 0 Å². The number of nitrogens with zero attached hydrogens (tertiary/aromatic N) is 2. The molecule has 0 aromatic heterocycles. The topological polar surface area (TPSA) is 94.6 Å². The number of esters is 1. The highest BCUT2D eigenvalue weighted by molar-refractivity contribution is 5.93. The second kappa shape index (κ2) is 11.0. The second-order valence-corrected chi connectivity index (χ2v) is 5.81. The van der Waals surface area contributed by atoms with Crippen LogP contribution in [-0.4, -0.2) is 82.2 Å². The summed E-state index contributed by atoms with van der Waals surface area (Å²) in [6, 6.07) is 2.86. The molecule has 0 aliphatic carbocycles. The molecule has 0 N–H and O–H groups in total. The normalized spacial score (nSPS) is 10.1. The predicted molar refractivity (Wildman–Crippen MR) is 102 cm³/mol. The van der Waals surface area contributed by atoms with Gasteiger partial charge in [-0.1, -0.05) is 0 Å². The van der Waals surface area contributed by atoms with E-state index in [0.29, 0.717) is 30.3 Å². The van der Waals surface area contributed by atoms with Crippen molar-refractivity contribution in [3.05, 3.63) is 17.7 Å². The largest absolute Gasteiger partial charge is 0.493 e. The summed E-state index contributed by atoms with van der Waals surface area (Å²) in [7, 11) is 5.79. The molecule has 156 valence electrons. The number of hydrogen-bond acceptors (Lipinski definition) is 7. The van der Waals surface area contributed by atoms with Crippen LogP contribution in [0.1, 0.15) is 24.2 Å². The van der Waals surface area contributed by atoms with E-state index >= 15 is 0 Å². The molecular weight excluding hydrogens is 368 g/mol. The monoisotopic (exact) mass is 396 g/mol. The average molecular weight is 396 g/mol. The SMILES string of the molecule is CCN(CC)C(=O)CN(C)C(=O)COC(=O)c1cc(OC)c(OC)c(OC)c1. The van der Waals surface area contributed by atoms with E-state index in [-0.39, 0.29) is 18.0 Å². The van der Waals surface area contributed by atoms with Gasteiger partial charge in [0.25, 0.3) is 5.91 Å². The van der Waals surface area contributed by atoms with Crippen LogP contribution >= 0.6 is 0 Å². The Kier molecular flexibility index (Phi) is 9.07. The van der Waals surface area contributed by atoms with Gasteiger partial charge in [-0.15, -0.1) is 0 Å². The zero-order valence-corrected chi connectivity index (χ0v) is 17.2. The van der Waals surface area contributed by atoms with E-state index in [2.05, 4.69) is 0 Å². The predicted octanol–water partition coefficient (Wildman–Crippen LogP) is 1.20. The lowest BCUT2D eigenvalue weighted by molar-refractivity contribution is -0.140. The Morgan fingerprint density at radius 3 is 1.86 bits per heavy atom. The molecule has 1 aromatic carbocycles. The number of hydrogen-bond donors (Lipinski definition) is 0. The van der Waals surface area contributed by atoms with Crippen molar-refractivity contribution >= 4 is 17.8 Å². The second-order valence-electron chi connectivity index (χ2n) is 5.81. The van der Waals surface area contributed by atoms with Gasteiger partial charge in [-0.3, -0.25) is 9.59 Å². The lowest BCUT2D eigenvalue weighted by Gasteiger charge is -2.23. The summed E-state index contributed by atoms with van der Waals surface area (Å²) in [4.78, 5) is 39.4. The van der Waals surface area contributed by atoms with E-state index in [4.69, 9.17) is 18.9 Å². The van der Waals surface area contributed by atoms with Crippen molar-refractivity contribution in [1.29, 1.82) is 0 Å². The fraction of sp³-hybridized carbons (Fsp3) is 0.526. The van der Waals surface area contributed by atoms with Gasteiger partial charge in [0.1, 0.15) is 0 Å². The van der Waals surface area contributed by atoms with Crippen LogP contribution in [0.5, 0.6) is 17.2 Å². The summed E-state index contributed by atoms with van der Waals surface area (Å²) >= 11 is 0. The number of likely N-dealkylation sites (N-methyl/N-ethyl adjacent to an activating group) is 2. The van der Waals surface area contributed by atoms with Crippen LogP contribution < -0.4 is 14.2 Å². The standard InChI is InChI=1S/C19H28N2O7/c1-7-21(8-2)16(22)11-20(3)17(23)12-28-19(24)13-9-14(25-4)18(27-6)15(10-13)26-5/h9-10H,7-8,11-12H2,1-6H3. The summed E-state index contributed by atoms with van der Waals surface area (Å²) in [5, 5.41) is 0. The minimum atomic E-state index is -0.726. The Labute approximate surface area is 165 Å². The lowest BCUT2D eigenvalue weighted by atomic mass is 10.2. The highest BCUT2D eigenvalue weighted by Gasteiger charge is 2.21. The third-order valence-electron chi connectivity index (χ3n) is 4.14. The molecule has 1 aromatic rings. The summed E-state index contributed by atoms with van der Waals surface area (Å²) in [6.07, 6.45) is 0. The first-order chi connectivity index (χ1) is 13.3. The van der Waals surface area contributed by atoms with E-state index in [9.17, 15) is 14.4 Å². The molecule has 0 saturated heterocycles. The molecule has 0 atom stereocenters. The maximum absolute atomic E-state index is 12.3. The van der Waals surface area contributed by atoms with Gasteiger partial charge in [-0.05, 0) is 26.0 Å². The third kappa shape index (κ3) is 5.77. The van der Waals surface area contributed by atoms with Crippen molar-refractivity contribution in [2.45, 2.75) is 13.8 Å². The maximum atomic E-state index is 12.3. The molecule has 0 fully saturated rings. The number of benzene rings is 1. The quantitative estimate of drug-likeness (QED) is 0.549. The highest BCUT2D eigenvalue weighted by Crippen LogP contribution is 2.38. The van der Waals surface area contributed by atoms with Crippen molar-refractivity contribution in [1.82, 2.24) is 9.80 Å². The van der Waals surface area contributed by atoms with Crippen molar-refractivity contribution in [3.63, 3.8) is 0 Å². The van der Waals surface area contributed by atoms with Crippen LogP contribution in [0.15, 0.2) is 12.1 Å². The number of amides is 2. The number of rotatable bonds is 10. The molecule has 0 unspecified atom stereocenters. The Hall–Kier alpha value is -2.97. The van der Waals surface area contributed by atoms with Crippen molar-refractivity contribution in [2.75, 3.05) is 54.6 Å². The molecule has 9 nitrogen and oxygen atoms in total. The molecule has 28 heavy (non-hydrogen) atoms. The van der Waals surface area contributed by atoms with Gasteiger partial charge in [-0.25, -0.2) is 4.79 Å². The van der Waals surface area contributed by atoms with Gasteiger partial charge in [0.05, 0.1) is 33.4 Å². The maximum Gasteiger partial charge on any atom is 0.338 e. The van der Waals surface area contributed by atoms with Gasteiger partial charge in [0, 0.05) is 20.1 Å². The number of carbonyl (C=O) groups is 3. The fourth-order valence-electron chi connectivity index (χ4n) is 2.49. The Morgan fingerprint density at radius 2 is 1.43 bits per heavy atom. The molecule has 0 bridgehead atoms. The van der Waals surface area contributed by atoms with Gasteiger partial charge >= 0.3 is 5.97 Å². The first kappa shape index (κ1) is 23.1. The molecule has 1 rings (SSSR count). The zero-order chi connectivity index (χ0) is 21.3. The molecule has 0 radical (unpaired) electrons. The van der Waals surface area contributed by atoms with Crippen LogP contribution in [-0.2, 0) is 14.3 Å². The summed E-state index contributed by atoms with van der Waals surface area (Å²) in [5.41, 5.74) is 0.143. The van der Waals surface area contributed by atoms with Gasteiger partial charge in [0.15, 0.2) is 18.1 Å². The van der Waals surface area contributed by atoms with Crippen LogP contribution in [0, 0.1) is 0 Å². The van der Waals surface area contributed by atoms with Crippen molar-refractivity contribution < 1.29 is 33.3 Å². The van der Waals surface area contributed by atoms with E-state index in [0.717, 1.165) is 0 Å². The molecule has 0 aliphatic heterocycles. The molecule has 0 saturated carbocycles. The highest BCUT2D eigenvalue weighted by atomic mass is 16.5. The van der Waals surface area contributed by atoms with E-state index in [1.165, 1.54) is 45.4 Å². The molecule has 9 heteroatoms. The minimum absolute atomic E-state index is 0.0811. The fourth-order valence-corrected chi connectivity index (χ4v) is 2.49. The van der Waals surface area contributed by atoms with Gasteiger partial charge in [0.2, 0.25) is 11.7 Å². The first-order valence-electron chi connectivity index (χ1n) is 8.81. The first-order valence-corrected chi connectivity index (χ1v) is 8.81. The average Bonchev–Trinajstić information content (AvgIpc) is 2.71. The minimum Gasteiger partial charge on any atom is -0.493 e. The Bertz CT molecular complexity index is 677. The summed E-state index contributed by atoms with van der Waals surface area (Å²) < 4.78 is 20.7. The lowest BCUT2D eigenvalue weighted by Crippen LogP contribution is -2.42.